The lowest BCUT2D eigenvalue weighted by Gasteiger charge is -2.35. The molecule has 0 aromatic rings. The van der Waals surface area contributed by atoms with Crippen LogP contribution < -0.4 is 0 Å². The molecule has 2 nitrogen and oxygen atoms in total. The number of amides is 1. The number of piperidine rings is 1. The minimum Gasteiger partial charge on any atom is -0.342 e. The first-order chi connectivity index (χ1) is 6.02. The van der Waals surface area contributed by atoms with Crippen LogP contribution >= 0.6 is 11.6 Å². The molecule has 0 bridgehead atoms. The van der Waals surface area contributed by atoms with Crippen LogP contribution in [0.25, 0.3) is 0 Å². The Morgan fingerprint density at radius 2 is 2.15 bits per heavy atom. The van der Waals surface area contributed by atoms with E-state index in [2.05, 4.69) is 6.92 Å². The van der Waals surface area contributed by atoms with Gasteiger partial charge in [-0.1, -0.05) is 20.8 Å². The monoisotopic (exact) mass is 203 g/mol. The van der Waals surface area contributed by atoms with Crippen LogP contribution in [-0.4, -0.2) is 29.3 Å². The van der Waals surface area contributed by atoms with Crippen molar-refractivity contribution in [1.29, 1.82) is 0 Å². The predicted molar refractivity (Wildman–Crippen MR) is 54.8 cm³/mol. The van der Waals surface area contributed by atoms with Gasteiger partial charge in [0.15, 0.2) is 0 Å². The van der Waals surface area contributed by atoms with E-state index in [-0.39, 0.29) is 17.2 Å². The molecule has 0 aromatic heterocycles. The summed E-state index contributed by atoms with van der Waals surface area (Å²) in [7, 11) is 0. The fourth-order valence-electron chi connectivity index (χ4n) is 1.68. The summed E-state index contributed by atoms with van der Waals surface area (Å²) in [5.41, 5.74) is 0. The van der Waals surface area contributed by atoms with Gasteiger partial charge >= 0.3 is 0 Å². The number of likely N-dealkylation sites (tertiary alicyclic amines) is 1. The summed E-state index contributed by atoms with van der Waals surface area (Å²) < 4.78 is 0. The van der Waals surface area contributed by atoms with Crippen molar-refractivity contribution in [3.8, 4) is 0 Å². The predicted octanol–water partition coefficient (Wildman–Crippen LogP) is 2.12. The first-order valence-electron chi connectivity index (χ1n) is 4.95. The molecule has 1 saturated heterocycles. The lowest BCUT2D eigenvalue weighted by molar-refractivity contribution is -0.136. The standard InChI is InChI=1S/C10H18ClNO/c1-7(2)10(13)12-5-4-9(11)8(3)6-12/h7-9H,4-6H2,1-3H3. The van der Waals surface area contributed by atoms with Crippen molar-refractivity contribution in [2.24, 2.45) is 11.8 Å². The molecular formula is C10H18ClNO. The molecule has 0 radical (unpaired) electrons. The molecule has 1 aliphatic rings. The van der Waals surface area contributed by atoms with E-state index in [0.29, 0.717) is 5.92 Å². The van der Waals surface area contributed by atoms with Crippen molar-refractivity contribution in [2.75, 3.05) is 13.1 Å². The molecule has 0 N–H and O–H groups in total. The summed E-state index contributed by atoms with van der Waals surface area (Å²) in [6.45, 7) is 7.65. The molecule has 76 valence electrons. The van der Waals surface area contributed by atoms with Gasteiger partial charge in [-0.3, -0.25) is 4.79 Å². The van der Waals surface area contributed by atoms with Crippen molar-refractivity contribution in [3.05, 3.63) is 0 Å². The van der Waals surface area contributed by atoms with Gasteiger partial charge in [0.25, 0.3) is 0 Å². The van der Waals surface area contributed by atoms with Crippen LogP contribution in [0.4, 0.5) is 0 Å². The fraction of sp³-hybridized carbons (Fsp3) is 0.900. The fourth-order valence-corrected chi connectivity index (χ4v) is 1.86. The second-order valence-corrected chi connectivity index (χ2v) is 4.78. The Balaban J connectivity index is 2.50. The Labute approximate surface area is 85.2 Å². The van der Waals surface area contributed by atoms with Crippen LogP contribution in [0.2, 0.25) is 0 Å². The molecule has 3 heteroatoms. The Bertz CT molecular complexity index is 193. The average Bonchev–Trinajstić information content (AvgIpc) is 2.08. The summed E-state index contributed by atoms with van der Waals surface area (Å²) in [4.78, 5) is 13.6. The molecule has 0 aliphatic carbocycles. The number of carbonyl (C=O) groups is 1. The Kier molecular flexibility index (Phi) is 3.60. The highest BCUT2D eigenvalue weighted by Gasteiger charge is 2.27. The molecule has 13 heavy (non-hydrogen) atoms. The van der Waals surface area contributed by atoms with Gasteiger partial charge in [-0.15, -0.1) is 11.6 Å². The minimum atomic E-state index is 0.110. The summed E-state index contributed by atoms with van der Waals surface area (Å²) in [6.07, 6.45) is 0.932. The van der Waals surface area contributed by atoms with E-state index in [4.69, 9.17) is 11.6 Å². The van der Waals surface area contributed by atoms with Gasteiger partial charge in [-0.25, -0.2) is 0 Å². The maximum absolute atomic E-state index is 11.6. The molecule has 1 amide bonds. The lowest BCUT2D eigenvalue weighted by Crippen LogP contribution is -2.44. The first-order valence-corrected chi connectivity index (χ1v) is 5.39. The molecule has 2 atom stereocenters. The number of carbonyl (C=O) groups excluding carboxylic acids is 1. The van der Waals surface area contributed by atoms with Crippen molar-refractivity contribution < 1.29 is 4.79 Å². The Morgan fingerprint density at radius 3 is 2.62 bits per heavy atom. The van der Waals surface area contributed by atoms with Gasteiger partial charge in [0.2, 0.25) is 5.91 Å². The number of hydrogen-bond donors (Lipinski definition) is 0. The number of halogens is 1. The van der Waals surface area contributed by atoms with Crippen molar-refractivity contribution >= 4 is 17.5 Å². The number of hydrogen-bond acceptors (Lipinski definition) is 1. The molecule has 0 spiro atoms. The van der Waals surface area contributed by atoms with E-state index in [0.717, 1.165) is 19.5 Å². The third kappa shape index (κ3) is 2.60. The van der Waals surface area contributed by atoms with Crippen LogP contribution in [0, 0.1) is 11.8 Å². The van der Waals surface area contributed by atoms with Gasteiger partial charge in [0, 0.05) is 24.4 Å². The molecule has 1 fully saturated rings. The van der Waals surface area contributed by atoms with E-state index >= 15 is 0 Å². The zero-order valence-corrected chi connectivity index (χ0v) is 9.34. The second-order valence-electron chi connectivity index (χ2n) is 4.22. The molecule has 2 unspecified atom stereocenters. The van der Waals surface area contributed by atoms with Crippen molar-refractivity contribution in [2.45, 2.75) is 32.6 Å². The third-order valence-electron chi connectivity index (χ3n) is 2.61. The highest BCUT2D eigenvalue weighted by molar-refractivity contribution is 6.20. The van der Waals surface area contributed by atoms with E-state index in [9.17, 15) is 4.79 Å². The van der Waals surface area contributed by atoms with Crippen LogP contribution in [0.15, 0.2) is 0 Å². The SMILES string of the molecule is CC(C)C(=O)N1CCC(Cl)C(C)C1. The van der Waals surface area contributed by atoms with Crippen LogP contribution in [0.3, 0.4) is 0 Å². The zero-order valence-electron chi connectivity index (χ0n) is 8.59. The molecule has 1 rings (SSSR count). The zero-order chi connectivity index (χ0) is 10.0. The van der Waals surface area contributed by atoms with Gasteiger partial charge in [0.1, 0.15) is 0 Å². The summed E-state index contributed by atoms with van der Waals surface area (Å²) >= 11 is 6.08. The Hall–Kier alpha value is -0.240. The number of alkyl halides is 1. The van der Waals surface area contributed by atoms with Crippen LogP contribution in [0.1, 0.15) is 27.2 Å². The molecule has 1 heterocycles. The maximum atomic E-state index is 11.6. The van der Waals surface area contributed by atoms with Gasteiger partial charge < -0.3 is 4.90 Å². The van der Waals surface area contributed by atoms with Crippen LogP contribution in [0.5, 0.6) is 0 Å². The van der Waals surface area contributed by atoms with Gasteiger partial charge in [0.05, 0.1) is 0 Å². The topological polar surface area (TPSA) is 20.3 Å². The summed E-state index contributed by atoms with van der Waals surface area (Å²) in [5.74, 6) is 0.799. The number of nitrogens with zero attached hydrogens (tertiary/aromatic N) is 1. The highest BCUT2D eigenvalue weighted by atomic mass is 35.5. The quantitative estimate of drug-likeness (QED) is 0.598. The lowest BCUT2D eigenvalue weighted by atomic mass is 9.98. The minimum absolute atomic E-state index is 0.110. The molecule has 0 aromatic carbocycles. The van der Waals surface area contributed by atoms with E-state index in [1.165, 1.54) is 0 Å². The average molecular weight is 204 g/mol. The first kappa shape index (κ1) is 10.8. The molecule has 1 aliphatic heterocycles. The van der Waals surface area contributed by atoms with Crippen molar-refractivity contribution in [3.63, 3.8) is 0 Å². The van der Waals surface area contributed by atoms with Crippen LogP contribution in [-0.2, 0) is 4.79 Å². The number of rotatable bonds is 1. The largest absolute Gasteiger partial charge is 0.342 e. The second kappa shape index (κ2) is 4.32. The Morgan fingerprint density at radius 1 is 1.54 bits per heavy atom. The van der Waals surface area contributed by atoms with Crippen molar-refractivity contribution in [1.82, 2.24) is 4.90 Å². The summed E-state index contributed by atoms with van der Waals surface area (Å²) in [5, 5.41) is 0.246. The maximum Gasteiger partial charge on any atom is 0.225 e. The van der Waals surface area contributed by atoms with Gasteiger partial charge in [-0.2, -0.15) is 0 Å². The highest BCUT2D eigenvalue weighted by Crippen LogP contribution is 2.22. The third-order valence-corrected chi connectivity index (χ3v) is 3.25. The molecule has 0 saturated carbocycles. The van der Waals surface area contributed by atoms with E-state index in [1.54, 1.807) is 0 Å². The van der Waals surface area contributed by atoms with E-state index in [1.807, 2.05) is 18.7 Å². The summed E-state index contributed by atoms with van der Waals surface area (Å²) in [6, 6.07) is 0. The normalized spacial score (nSPS) is 29.5. The van der Waals surface area contributed by atoms with E-state index < -0.39 is 0 Å². The smallest absolute Gasteiger partial charge is 0.225 e. The molecular weight excluding hydrogens is 186 g/mol. The van der Waals surface area contributed by atoms with Gasteiger partial charge in [-0.05, 0) is 12.3 Å².